The van der Waals surface area contributed by atoms with E-state index in [1.54, 1.807) is 42.5 Å². The Labute approximate surface area is 151 Å². The van der Waals surface area contributed by atoms with E-state index in [4.69, 9.17) is 0 Å². The maximum atomic E-state index is 12.6. The van der Waals surface area contributed by atoms with Gasteiger partial charge >= 0.3 is 0 Å². The summed E-state index contributed by atoms with van der Waals surface area (Å²) in [5.74, 6) is -0.366. The molecule has 0 unspecified atom stereocenters. The minimum Gasteiger partial charge on any atom is -0.320 e. The highest BCUT2D eigenvalue weighted by Gasteiger charge is 2.12. The molecule has 0 aliphatic rings. The number of nitrogens with one attached hydrogen (secondary N) is 2. The predicted octanol–water partition coefficient (Wildman–Crippen LogP) is 2.87. The molecule has 0 aliphatic heterocycles. The second-order valence-corrected chi connectivity index (χ2v) is 7.72. The quantitative estimate of drug-likeness (QED) is 0.735. The average molecular weight is 370 g/mol. The zero-order valence-electron chi connectivity index (χ0n) is 14.6. The molecule has 1 amide bonds. The van der Waals surface area contributed by atoms with Gasteiger partial charge in [-0.25, -0.2) is 18.4 Å². The molecule has 8 heteroatoms. The second-order valence-electron chi connectivity index (χ2n) is 5.97. The van der Waals surface area contributed by atoms with Crippen molar-refractivity contribution in [1.82, 2.24) is 9.97 Å². The molecule has 3 aromatic rings. The van der Waals surface area contributed by atoms with Crippen LogP contribution in [0.15, 0.2) is 42.5 Å². The largest absolute Gasteiger partial charge is 0.320 e. The normalized spacial score (nSPS) is 11.3. The molecule has 134 valence electrons. The average Bonchev–Trinajstić information content (AvgIpc) is 2.56. The SMILES string of the molecule is Cc1nc2ccc(C(=O)Nc3ccccc3NS(C)(=O)=O)cc2nc1C. The van der Waals surface area contributed by atoms with Crippen LogP contribution in [0.25, 0.3) is 11.0 Å². The van der Waals surface area contributed by atoms with E-state index in [0.29, 0.717) is 28.0 Å². The molecule has 0 radical (unpaired) electrons. The molecule has 0 saturated carbocycles. The number of hydrogen-bond donors (Lipinski definition) is 2. The van der Waals surface area contributed by atoms with E-state index in [1.165, 1.54) is 0 Å². The van der Waals surface area contributed by atoms with Gasteiger partial charge in [0.15, 0.2) is 0 Å². The van der Waals surface area contributed by atoms with Crippen molar-refractivity contribution in [3.05, 3.63) is 59.4 Å². The third-order valence-electron chi connectivity index (χ3n) is 3.81. The molecule has 0 saturated heterocycles. The molecule has 3 rings (SSSR count). The van der Waals surface area contributed by atoms with Gasteiger partial charge in [0.2, 0.25) is 10.0 Å². The number of aromatic nitrogens is 2. The monoisotopic (exact) mass is 370 g/mol. The number of sulfonamides is 1. The first-order chi connectivity index (χ1) is 12.2. The Bertz CT molecular complexity index is 1110. The van der Waals surface area contributed by atoms with Crippen molar-refractivity contribution >= 4 is 38.3 Å². The van der Waals surface area contributed by atoms with Crippen LogP contribution in [-0.2, 0) is 10.0 Å². The van der Waals surface area contributed by atoms with E-state index < -0.39 is 10.0 Å². The Hall–Kier alpha value is -3.00. The number of para-hydroxylation sites is 2. The molecule has 2 aromatic carbocycles. The van der Waals surface area contributed by atoms with Crippen LogP contribution >= 0.6 is 0 Å². The highest BCUT2D eigenvalue weighted by atomic mass is 32.2. The number of carbonyl (C=O) groups excluding carboxylic acids is 1. The van der Waals surface area contributed by atoms with Crippen LogP contribution in [0, 0.1) is 13.8 Å². The van der Waals surface area contributed by atoms with E-state index in [2.05, 4.69) is 20.0 Å². The van der Waals surface area contributed by atoms with Gasteiger partial charge in [-0.1, -0.05) is 12.1 Å². The first-order valence-corrected chi connectivity index (χ1v) is 9.75. The topological polar surface area (TPSA) is 101 Å². The third kappa shape index (κ3) is 3.97. The maximum Gasteiger partial charge on any atom is 0.255 e. The fraction of sp³-hybridized carbons (Fsp3) is 0.167. The van der Waals surface area contributed by atoms with Gasteiger partial charge in [-0.05, 0) is 44.2 Å². The van der Waals surface area contributed by atoms with Crippen LogP contribution in [0.1, 0.15) is 21.7 Å². The first kappa shape index (κ1) is 17.8. The van der Waals surface area contributed by atoms with Crippen molar-refractivity contribution in [2.24, 2.45) is 0 Å². The molecule has 2 N–H and O–H groups in total. The summed E-state index contributed by atoms with van der Waals surface area (Å²) < 4.78 is 25.3. The Morgan fingerprint density at radius 2 is 1.54 bits per heavy atom. The number of amides is 1. The Morgan fingerprint density at radius 1 is 0.923 bits per heavy atom. The van der Waals surface area contributed by atoms with Crippen molar-refractivity contribution in [2.45, 2.75) is 13.8 Å². The fourth-order valence-corrected chi connectivity index (χ4v) is 3.02. The fourth-order valence-electron chi connectivity index (χ4n) is 2.45. The number of aryl methyl sites for hydroxylation is 2. The summed E-state index contributed by atoms with van der Waals surface area (Å²) in [7, 11) is -3.46. The molecule has 26 heavy (non-hydrogen) atoms. The summed E-state index contributed by atoms with van der Waals surface area (Å²) >= 11 is 0. The van der Waals surface area contributed by atoms with E-state index in [1.807, 2.05) is 13.8 Å². The standard InChI is InChI=1S/C18H18N4O3S/c1-11-12(2)20-17-10-13(8-9-15(17)19-11)18(23)21-14-6-4-5-7-16(14)22-26(3,24)25/h4-10,22H,1-3H3,(H,21,23). The third-order valence-corrected chi connectivity index (χ3v) is 4.40. The summed E-state index contributed by atoms with van der Waals surface area (Å²) in [6.07, 6.45) is 1.05. The summed E-state index contributed by atoms with van der Waals surface area (Å²) in [4.78, 5) is 21.5. The van der Waals surface area contributed by atoms with Gasteiger partial charge < -0.3 is 5.32 Å². The van der Waals surface area contributed by atoms with Crippen LogP contribution < -0.4 is 10.0 Å². The lowest BCUT2D eigenvalue weighted by Crippen LogP contribution is -2.16. The number of rotatable bonds is 4. The number of carbonyl (C=O) groups is 1. The zero-order valence-corrected chi connectivity index (χ0v) is 15.4. The molecular weight excluding hydrogens is 352 g/mol. The Balaban J connectivity index is 1.91. The molecule has 0 fully saturated rings. The highest BCUT2D eigenvalue weighted by Crippen LogP contribution is 2.23. The number of anilines is 2. The molecule has 0 atom stereocenters. The van der Waals surface area contributed by atoms with E-state index >= 15 is 0 Å². The lowest BCUT2D eigenvalue weighted by molar-refractivity contribution is 0.102. The molecule has 1 heterocycles. The minimum absolute atomic E-state index is 0.301. The minimum atomic E-state index is -3.46. The summed E-state index contributed by atoms with van der Waals surface area (Å²) in [6.45, 7) is 3.75. The predicted molar refractivity (Wildman–Crippen MR) is 102 cm³/mol. The van der Waals surface area contributed by atoms with Gasteiger partial charge in [0.05, 0.1) is 40.1 Å². The second kappa shape index (κ2) is 6.72. The smallest absolute Gasteiger partial charge is 0.255 e. The first-order valence-electron chi connectivity index (χ1n) is 7.86. The van der Waals surface area contributed by atoms with Gasteiger partial charge in [-0.3, -0.25) is 9.52 Å². The van der Waals surface area contributed by atoms with Crippen LogP contribution in [0.2, 0.25) is 0 Å². The number of benzene rings is 2. The molecule has 0 spiro atoms. The summed E-state index contributed by atoms with van der Waals surface area (Å²) in [5.41, 5.74) is 4.06. The molecule has 1 aromatic heterocycles. The van der Waals surface area contributed by atoms with Crippen LogP contribution in [0.3, 0.4) is 0 Å². The van der Waals surface area contributed by atoms with E-state index in [0.717, 1.165) is 17.6 Å². The van der Waals surface area contributed by atoms with Crippen molar-refractivity contribution in [3.63, 3.8) is 0 Å². The molecular formula is C18H18N4O3S. The lowest BCUT2D eigenvalue weighted by Gasteiger charge is -2.12. The molecule has 0 aliphatic carbocycles. The maximum absolute atomic E-state index is 12.6. The van der Waals surface area contributed by atoms with Crippen molar-refractivity contribution in [1.29, 1.82) is 0 Å². The van der Waals surface area contributed by atoms with Gasteiger partial charge in [-0.2, -0.15) is 0 Å². The number of hydrogen-bond acceptors (Lipinski definition) is 5. The number of fused-ring (bicyclic) bond motifs is 1. The van der Waals surface area contributed by atoms with Gasteiger partial charge in [-0.15, -0.1) is 0 Å². The summed E-state index contributed by atoms with van der Waals surface area (Å²) in [6, 6.07) is 11.7. The summed E-state index contributed by atoms with van der Waals surface area (Å²) in [5, 5.41) is 2.73. The van der Waals surface area contributed by atoms with E-state index in [-0.39, 0.29) is 5.91 Å². The zero-order chi connectivity index (χ0) is 18.9. The number of nitrogens with zero attached hydrogens (tertiary/aromatic N) is 2. The van der Waals surface area contributed by atoms with Crippen LogP contribution in [0.4, 0.5) is 11.4 Å². The van der Waals surface area contributed by atoms with Gasteiger partial charge in [0.1, 0.15) is 0 Å². The van der Waals surface area contributed by atoms with E-state index in [9.17, 15) is 13.2 Å². The van der Waals surface area contributed by atoms with Crippen LogP contribution in [-0.4, -0.2) is 30.5 Å². The van der Waals surface area contributed by atoms with Crippen molar-refractivity contribution in [2.75, 3.05) is 16.3 Å². The van der Waals surface area contributed by atoms with Gasteiger partial charge in [0.25, 0.3) is 5.91 Å². The highest BCUT2D eigenvalue weighted by molar-refractivity contribution is 7.92. The Kier molecular flexibility index (Phi) is 4.60. The van der Waals surface area contributed by atoms with Crippen molar-refractivity contribution in [3.8, 4) is 0 Å². The lowest BCUT2D eigenvalue weighted by atomic mass is 10.1. The van der Waals surface area contributed by atoms with Crippen molar-refractivity contribution < 1.29 is 13.2 Å². The molecule has 0 bridgehead atoms. The van der Waals surface area contributed by atoms with Gasteiger partial charge in [0, 0.05) is 5.56 Å². The Morgan fingerprint density at radius 3 is 2.19 bits per heavy atom. The molecule has 7 nitrogen and oxygen atoms in total. The van der Waals surface area contributed by atoms with Crippen LogP contribution in [0.5, 0.6) is 0 Å².